The summed E-state index contributed by atoms with van der Waals surface area (Å²) in [6.07, 6.45) is 0. The molecule has 0 saturated carbocycles. The smallest absolute Gasteiger partial charge is 0.161 e. The number of nitrogens with zero attached hydrogens (tertiary/aromatic N) is 1. The summed E-state index contributed by atoms with van der Waals surface area (Å²) in [5, 5.41) is 4.43. The number of furan rings is 2. The van der Waals surface area contributed by atoms with Crippen LogP contribution < -0.4 is 0 Å². The first kappa shape index (κ1) is 26.0. The zero-order chi connectivity index (χ0) is 30.9. The zero-order valence-electron chi connectivity index (χ0n) is 25.4. The Hall–Kier alpha value is -6.32. The third-order valence-electron chi connectivity index (χ3n) is 9.43. The van der Waals surface area contributed by atoms with Crippen molar-refractivity contribution in [3.63, 3.8) is 0 Å². The van der Waals surface area contributed by atoms with Crippen molar-refractivity contribution < 1.29 is 8.83 Å². The summed E-state index contributed by atoms with van der Waals surface area (Å²) in [6.45, 7) is 0. The molecule has 0 atom stereocenters. The predicted octanol–water partition coefficient (Wildman–Crippen LogP) is 12.4. The van der Waals surface area contributed by atoms with Gasteiger partial charge in [-0.1, -0.05) is 127 Å². The van der Waals surface area contributed by atoms with E-state index in [4.69, 9.17) is 8.83 Å². The monoisotopic (exact) mass is 601 g/mol. The van der Waals surface area contributed by atoms with E-state index in [2.05, 4.69) is 162 Å². The van der Waals surface area contributed by atoms with Crippen molar-refractivity contribution >= 4 is 54.9 Å². The number of hydrogen-bond acceptors (Lipinski definition) is 2. The van der Waals surface area contributed by atoms with Crippen molar-refractivity contribution in [3.05, 3.63) is 164 Å². The lowest BCUT2D eigenvalue weighted by Crippen LogP contribution is -1.92. The van der Waals surface area contributed by atoms with Crippen LogP contribution in [-0.4, -0.2) is 4.57 Å². The lowest BCUT2D eigenvalue weighted by atomic mass is 9.93. The van der Waals surface area contributed by atoms with Crippen molar-refractivity contribution in [2.75, 3.05) is 0 Å². The topological polar surface area (TPSA) is 31.2 Å². The van der Waals surface area contributed by atoms with Gasteiger partial charge in [0.15, 0.2) is 5.58 Å². The van der Waals surface area contributed by atoms with Gasteiger partial charge in [-0.15, -0.1) is 0 Å². The minimum Gasteiger partial charge on any atom is -0.455 e. The van der Waals surface area contributed by atoms with Crippen molar-refractivity contribution in [2.24, 2.45) is 0 Å². The minimum absolute atomic E-state index is 0.868. The second-order valence-electron chi connectivity index (χ2n) is 12.1. The first-order valence-electron chi connectivity index (χ1n) is 15.9. The lowest BCUT2D eigenvalue weighted by molar-refractivity contribution is 0.671. The maximum atomic E-state index is 6.79. The summed E-state index contributed by atoms with van der Waals surface area (Å²) in [6, 6.07) is 57.5. The molecule has 0 fully saturated rings. The highest BCUT2D eigenvalue weighted by Gasteiger charge is 2.21. The van der Waals surface area contributed by atoms with Crippen LogP contribution in [-0.2, 0) is 0 Å². The highest BCUT2D eigenvalue weighted by atomic mass is 16.3. The fraction of sp³-hybridized carbons (Fsp3) is 0. The number of para-hydroxylation sites is 4. The third-order valence-corrected chi connectivity index (χ3v) is 9.43. The molecule has 3 heterocycles. The van der Waals surface area contributed by atoms with E-state index >= 15 is 0 Å². The zero-order valence-corrected chi connectivity index (χ0v) is 25.4. The Morgan fingerprint density at radius 2 is 0.979 bits per heavy atom. The Kier molecular flexibility index (Phi) is 5.57. The standard InChI is InChI=1S/C44H27NO2/c1-3-13-28(14-4-1)32-20-11-22-35-36-23-12-21-34(43(36)47-42(32)35)33-18-8-7-17-31(33)29-25-26-38-40(27-29)46-44-37-19-9-10-24-39(37)45(41(38)44)30-15-5-2-6-16-30/h1-27H. The Balaban J connectivity index is 1.17. The van der Waals surface area contributed by atoms with Gasteiger partial charge in [0, 0.05) is 38.4 Å². The predicted molar refractivity (Wildman–Crippen MR) is 194 cm³/mol. The molecule has 0 spiro atoms. The van der Waals surface area contributed by atoms with Gasteiger partial charge in [0.05, 0.1) is 5.52 Å². The van der Waals surface area contributed by atoms with E-state index in [1.807, 2.05) is 6.07 Å². The molecular weight excluding hydrogens is 574 g/mol. The fourth-order valence-electron chi connectivity index (χ4n) is 7.33. The van der Waals surface area contributed by atoms with E-state index in [9.17, 15) is 0 Å². The quantitative estimate of drug-likeness (QED) is 0.201. The lowest BCUT2D eigenvalue weighted by Gasteiger charge is -2.11. The van der Waals surface area contributed by atoms with Crippen LogP contribution in [0.5, 0.6) is 0 Å². The molecule has 0 saturated heterocycles. The maximum absolute atomic E-state index is 6.79. The minimum atomic E-state index is 0.868. The van der Waals surface area contributed by atoms with Gasteiger partial charge in [0.1, 0.15) is 22.3 Å². The molecule has 10 rings (SSSR count). The molecule has 3 heteroatoms. The molecule has 0 aliphatic carbocycles. The summed E-state index contributed by atoms with van der Waals surface area (Å²) in [7, 11) is 0. The van der Waals surface area contributed by atoms with E-state index in [1.54, 1.807) is 0 Å². The van der Waals surface area contributed by atoms with Crippen LogP contribution in [0.3, 0.4) is 0 Å². The van der Waals surface area contributed by atoms with Gasteiger partial charge in [-0.3, -0.25) is 0 Å². The van der Waals surface area contributed by atoms with Crippen LogP contribution in [0.15, 0.2) is 173 Å². The maximum Gasteiger partial charge on any atom is 0.161 e. The Bertz CT molecular complexity index is 2780. The summed E-state index contributed by atoms with van der Waals surface area (Å²) in [4.78, 5) is 0. The van der Waals surface area contributed by atoms with Crippen molar-refractivity contribution in [1.29, 1.82) is 0 Å². The molecule has 0 radical (unpaired) electrons. The molecular formula is C44H27NO2. The summed E-state index contributed by atoms with van der Waals surface area (Å²) >= 11 is 0. The highest BCUT2D eigenvalue weighted by Crippen LogP contribution is 2.44. The van der Waals surface area contributed by atoms with Gasteiger partial charge in [0.2, 0.25) is 0 Å². The fourth-order valence-corrected chi connectivity index (χ4v) is 7.33. The number of fused-ring (bicyclic) bond motifs is 8. The Labute approximate surface area is 270 Å². The summed E-state index contributed by atoms with van der Waals surface area (Å²) in [5.41, 5.74) is 13.6. The van der Waals surface area contributed by atoms with Gasteiger partial charge < -0.3 is 13.4 Å². The Morgan fingerprint density at radius 3 is 1.79 bits per heavy atom. The molecule has 0 bridgehead atoms. The molecule has 0 unspecified atom stereocenters. The molecule has 3 aromatic heterocycles. The second kappa shape index (κ2) is 10.1. The number of benzene rings is 7. The summed E-state index contributed by atoms with van der Waals surface area (Å²) in [5.74, 6) is 0. The van der Waals surface area contributed by atoms with Crippen LogP contribution in [0.2, 0.25) is 0 Å². The van der Waals surface area contributed by atoms with E-state index in [0.717, 1.165) is 94.0 Å². The molecule has 47 heavy (non-hydrogen) atoms. The van der Waals surface area contributed by atoms with Crippen molar-refractivity contribution in [2.45, 2.75) is 0 Å². The van der Waals surface area contributed by atoms with Gasteiger partial charge in [-0.05, 0) is 58.7 Å². The van der Waals surface area contributed by atoms with Gasteiger partial charge in [-0.25, -0.2) is 0 Å². The molecule has 0 N–H and O–H groups in total. The number of aromatic nitrogens is 1. The van der Waals surface area contributed by atoms with Crippen molar-refractivity contribution in [3.8, 4) is 39.1 Å². The largest absolute Gasteiger partial charge is 0.455 e. The Morgan fingerprint density at radius 1 is 0.362 bits per heavy atom. The highest BCUT2D eigenvalue weighted by molar-refractivity contribution is 6.17. The van der Waals surface area contributed by atoms with Gasteiger partial charge in [0.25, 0.3) is 0 Å². The molecule has 220 valence electrons. The van der Waals surface area contributed by atoms with Crippen LogP contribution in [0.4, 0.5) is 0 Å². The SMILES string of the molecule is c1ccc(-c2cccc3c2oc2c(-c4ccccc4-c4ccc5c(c4)oc4c6ccccc6n(-c6ccccc6)c54)cccc23)cc1. The van der Waals surface area contributed by atoms with Crippen LogP contribution >= 0.6 is 0 Å². The second-order valence-corrected chi connectivity index (χ2v) is 12.1. The number of hydrogen-bond donors (Lipinski definition) is 0. The van der Waals surface area contributed by atoms with Gasteiger partial charge >= 0.3 is 0 Å². The molecule has 0 aliphatic heterocycles. The van der Waals surface area contributed by atoms with E-state index < -0.39 is 0 Å². The van der Waals surface area contributed by atoms with Crippen LogP contribution in [0.1, 0.15) is 0 Å². The van der Waals surface area contributed by atoms with E-state index in [0.29, 0.717) is 0 Å². The molecule has 7 aromatic carbocycles. The third kappa shape index (κ3) is 3.87. The molecule has 0 aliphatic rings. The van der Waals surface area contributed by atoms with Crippen molar-refractivity contribution in [1.82, 2.24) is 4.57 Å². The first-order valence-corrected chi connectivity index (χ1v) is 15.9. The molecule has 10 aromatic rings. The normalized spacial score (nSPS) is 11.8. The molecule has 3 nitrogen and oxygen atoms in total. The van der Waals surface area contributed by atoms with E-state index in [1.165, 1.54) is 0 Å². The summed E-state index contributed by atoms with van der Waals surface area (Å²) < 4.78 is 15.8. The van der Waals surface area contributed by atoms with Crippen LogP contribution in [0.25, 0.3) is 94.0 Å². The van der Waals surface area contributed by atoms with Gasteiger partial charge in [-0.2, -0.15) is 0 Å². The van der Waals surface area contributed by atoms with Crippen LogP contribution in [0, 0.1) is 0 Å². The first-order chi connectivity index (χ1) is 23.3. The molecule has 0 amide bonds. The van der Waals surface area contributed by atoms with E-state index in [-0.39, 0.29) is 0 Å². The number of rotatable bonds is 4. The average Bonchev–Trinajstić information content (AvgIpc) is 3.81. The average molecular weight is 602 g/mol.